The zero-order valence-corrected chi connectivity index (χ0v) is 30.4. The van der Waals surface area contributed by atoms with Gasteiger partial charge in [-0.05, 0) is 46.7 Å². The quantitative estimate of drug-likeness (QED) is 0.273. The van der Waals surface area contributed by atoms with Crippen molar-refractivity contribution in [1.29, 1.82) is 0 Å². The van der Waals surface area contributed by atoms with Crippen molar-refractivity contribution in [3.8, 4) is 0 Å². The largest absolute Gasteiger partial charge is 0.232 e. The van der Waals surface area contributed by atoms with Gasteiger partial charge in [0.1, 0.15) is 0 Å². The topological polar surface area (TPSA) is 70.2 Å². The molecule has 0 spiro atoms. The number of rotatable bonds is 1. The van der Waals surface area contributed by atoms with E-state index in [1.807, 2.05) is 0 Å². The molecule has 2 aliphatic rings. The van der Waals surface area contributed by atoms with Gasteiger partial charge in [-0.25, -0.2) is 10.3 Å². The summed E-state index contributed by atoms with van der Waals surface area (Å²) in [5, 5.41) is 14.6. The third kappa shape index (κ3) is 27.6. The molecule has 2 rings (SSSR count). The molecule has 46 heavy (non-hydrogen) atoms. The van der Waals surface area contributed by atoms with Gasteiger partial charge in [-0.3, -0.25) is 0 Å². The van der Waals surface area contributed by atoms with Crippen molar-refractivity contribution in [2.45, 2.75) is 237 Å². The molecule has 0 aromatic carbocycles. The van der Waals surface area contributed by atoms with E-state index >= 15 is 0 Å². The van der Waals surface area contributed by atoms with Gasteiger partial charge in [0.2, 0.25) is 0 Å². The first-order chi connectivity index (χ1) is 23.0. The first kappa shape index (κ1) is 41.9. The van der Waals surface area contributed by atoms with Crippen molar-refractivity contribution >= 4 is 0 Å². The average molecular weight is 655 g/mol. The van der Waals surface area contributed by atoms with E-state index < -0.39 is 0 Å². The minimum atomic E-state index is 0.0192. The maximum Gasteiger partial charge on any atom is 0.0990 e. The third-order valence-corrected chi connectivity index (χ3v) is 10.6. The van der Waals surface area contributed by atoms with Gasteiger partial charge in [-0.15, -0.1) is 5.59 Å². The predicted molar refractivity (Wildman–Crippen MR) is 190 cm³/mol. The number of nitrogens with one attached hydrogen (secondary N) is 2. The van der Waals surface area contributed by atoms with Crippen LogP contribution >= 0.6 is 0 Å². The fourth-order valence-electron chi connectivity index (χ4n) is 7.57. The van der Waals surface area contributed by atoms with Gasteiger partial charge in [-0.1, -0.05) is 210 Å². The van der Waals surface area contributed by atoms with Crippen molar-refractivity contribution in [1.82, 2.24) is 11.0 Å². The molecular formula is C39H78N2O5. The molecule has 7 nitrogen and oxygen atoms in total. The van der Waals surface area contributed by atoms with E-state index in [1.54, 1.807) is 0 Å². The lowest BCUT2D eigenvalue weighted by molar-refractivity contribution is -0.723. The Bertz CT molecular complexity index is 501. The molecule has 274 valence electrons. The van der Waals surface area contributed by atoms with Crippen molar-refractivity contribution in [2.24, 2.45) is 5.92 Å². The molecule has 7 heteroatoms. The molecule has 0 bridgehead atoms. The van der Waals surface area contributed by atoms with Gasteiger partial charge < -0.3 is 0 Å². The minimum Gasteiger partial charge on any atom is -0.232 e. The third-order valence-electron chi connectivity index (χ3n) is 10.6. The molecule has 1 aliphatic carbocycles. The van der Waals surface area contributed by atoms with Crippen molar-refractivity contribution in [3.05, 3.63) is 0 Å². The lowest BCUT2D eigenvalue weighted by Crippen LogP contribution is -2.33. The lowest BCUT2D eigenvalue weighted by atomic mass is 9.87. The smallest absolute Gasteiger partial charge is 0.0990 e. The second-order valence-electron chi connectivity index (χ2n) is 14.7. The summed E-state index contributed by atoms with van der Waals surface area (Å²) in [5.74, 6) is 0.486. The second kappa shape index (κ2) is 34.6. The molecule has 1 atom stereocenters. The lowest BCUT2D eigenvalue weighted by Gasteiger charge is -2.26. The number of hydrazine groups is 1. The Morgan fingerprint density at radius 2 is 0.630 bits per heavy atom. The molecule has 1 aliphatic heterocycles. The highest BCUT2D eigenvalue weighted by atomic mass is 17.8. The first-order valence-corrected chi connectivity index (χ1v) is 20.8. The van der Waals surface area contributed by atoms with Crippen LogP contribution in [0, 0.1) is 5.92 Å². The highest BCUT2D eigenvalue weighted by Crippen LogP contribution is 2.28. The number of hydrogen-bond acceptors (Lipinski definition) is 7. The molecule has 0 aromatic rings. The van der Waals surface area contributed by atoms with Gasteiger partial charge in [0.05, 0.1) is 6.10 Å². The van der Waals surface area contributed by atoms with E-state index in [2.05, 4.69) is 11.0 Å². The monoisotopic (exact) mass is 655 g/mol. The van der Waals surface area contributed by atoms with Crippen LogP contribution in [0.2, 0.25) is 0 Å². The van der Waals surface area contributed by atoms with Crippen molar-refractivity contribution in [2.75, 3.05) is 6.54 Å². The summed E-state index contributed by atoms with van der Waals surface area (Å²) in [6.45, 7) is 0.810. The zero-order valence-electron chi connectivity index (χ0n) is 30.4. The van der Waals surface area contributed by atoms with Crippen LogP contribution in [0.3, 0.4) is 0 Å². The molecular weight excluding hydrogens is 576 g/mol. The Balaban J connectivity index is 1.84. The standard InChI is InChI=1S/C39H78N2O5/c1-2-4-6-8-11-15-19-23-27-31-35-38(34-30-26-22-18-14-10-7-5-3-1)39-36-32-28-24-20-16-12-9-13-17-21-25-29-33-37-40-41-43-45-46-44-42-39/h38-41H,1-37H2. The van der Waals surface area contributed by atoms with Crippen LogP contribution in [0.15, 0.2) is 0 Å². The Kier molecular flexibility index (Phi) is 31.5. The van der Waals surface area contributed by atoms with Crippen LogP contribution in [0.1, 0.15) is 231 Å². The SMILES string of the molecule is C1CCCCCCCCCCCC(C2CCCCCCCCCCCCCCCNNOOOOO2)CCCCCCCCCC1. The second-order valence-corrected chi connectivity index (χ2v) is 14.7. The molecule has 0 amide bonds. The summed E-state index contributed by atoms with van der Waals surface area (Å²) in [4.78, 5) is 10.8. The molecule has 0 radical (unpaired) electrons. The predicted octanol–water partition coefficient (Wildman–Crippen LogP) is 12.8. The van der Waals surface area contributed by atoms with Crippen LogP contribution < -0.4 is 11.0 Å². The number of hydrogen-bond donors (Lipinski definition) is 2. The molecule has 1 saturated carbocycles. The summed E-state index contributed by atoms with van der Waals surface area (Å²) >= 11 is 0. The minimum absolute atomic E-state index is 0.0192. The highest BCUT2D eigenvalue weighted by molar-refractivity contribution is 4.71. The summed E-state index contributed by atoms with van der Waals surface area (Å²) in [6.07, 6.45) is 48.5. The molecule has 1 saturated heterocycles. The van der Waals surface area contributed by atoms with Crippen LogP contribution in [0.5, 0.6) is 0 Å². The molecule has 1 heterocycles. The highest BCUT2D eigenvalue weighted by Gasteiger charge is 2.23. The van der Waals surface area contributed by atoms with Gasteiger partial charge >= 0.3 is 0 Å². The maximum atomic E-state index is 5.93. The molecule has 1 unspecified atom stereocenters. The summed E-state index contributed by atoms with van der Waals surface area (Å²) in [7, 11) is 0. The van der Waals surface area contributed by atoms with E-state index in [-0.39, 0.29) is 6.10 Å². The van der Waals surface area contributed by atoms with Crippen LogP contribution in [0.25, 0.3) is 0 Å². The van der Waals surface area contributed by atoms with E-state index in [0.717, 1.165) is 19.4 Å². The van der Waals surface area contributed by atoms with Crippen LogP contribution in [-0.4, -0.2) is 12.6 Å². The van der Waals surface area contributed by atoms with E-state index in [4.69, 9.17) is 25.0 Å². The normalized spacial score (nSPS) is 26.5. The average Bonchev–Trinajstić information content (AvgIpc) is 3.06. The summed E-state index contributed by atoms with van der Waals surface area (Å²) in [5.41, 5.74) is 5.54. The zero-order chi connectivity index (χ0) is 32.3. The van der Waals surface area contributed by atoms with Crippen molar-refractivity contribution < 1.29 is 25.0 Å². The molecule has 2 fully saturated rings. The van der Waals surface area contributed by atoms with E-state index in [1.165, 1.54) is 218 Å². The summed E-state index contributed by atoms with van der Waals surface area (Å²) < 4.78 is 0. The molecule has 2 N–H and O–H groups in total. The van der Waals surface area contributed by atoms with Gasteiger partial charge in [0.15, 0.2) is 0 Å². The van der Waals surface area contributed by atoms with Crippen LogP contribution in [0.4, 0.5) is 0 Å². The maximum absolute atomic E-state index is 5.93. The van der Waals surface area contributed by atoms with E-state index in [9.17, 15) is 0 Å². The fourth-order valence-corrected chi connectivity index (χ4v) is 7.57. The van der Waals surface area contributed by atoms with Crippen molar-refractivity contribution in [3.63, 3.8) is 0 Å². The Hall–Kier alpha value is -0.280. The molecule has 0 aromatic heterocycles. The summed E-state index contributed by atoms with van der Waals surface area (Å²) in [6, 6.07) is 0. The van der Waals surface area contributed by atoms with Gasteiger partial charge in [0, 0.05) is 6.54 Å². The van der Waals surface area contributed by atoms with Crippen LogP contribution in [-0.2, 0) is 25.0 Å². The van der Waals surface area contributed by atoms with Gasteiger partial charge in [-0.2, -0.15) is 0 Å². The Morgan fingerprint density at radius 3 is 1.02 bits per heavy atom. The first-order valence-electron chi connectivity index (χ1n) is 20.8. The van der Waals surface area contributed by atoms with Gasteiger partial charge in [0.25, 0.3) is 0 Å². The Labute approximate surface area is 285 Å². The van der Waals surface area contributed by atoms with E-state index in [0.29, 0.717) is 5.92 Å². The fraction of sp³-hybridized carbons (Fsp3) is 1.00. The Morgan fingerprint density at radius 1 is 0.304 bits per heavy atom.